The minimum Gasteiger partial charge on any atom is -0.271 e. The van der Waals surface area contributed by atoms with Gasteiger partial charge in [-0.25, -0.2) is 5.43 Å². The Kier molecular flexibility index (Phi) is 2.82. The predicted molar refractivity (Wildman–Crippen MR) is 55.9 cm³/mol. The first-order valence-corrected chi connectivity index (χ1v) is 5.52. The zero-order chi connectivity index (χ0) is 9.97. The van der Waals surface area contributed by atoms with Gasteiger partial charge in [0.2, 0.25) is 0 Å². The lowest BCUT2D eigenvalue weighted by Crippen LogP contribution is -2.27. The van der Waals surface area contributed by atoms with Gasteiger partial charge in [0.15, 0.2) is 0 Å². The minimum absolute atomic E-state index is 0.0406. The van der Waals surface area contributed by atoms with Crippen LogP contribution in [0.15, 0.2) is 12.3 Å². The van der Waals surface area contributed by atoms with E-state index in [2.05, 4.69) is 19.4 Å². The Morgan fingerprint density at radius 1 is 1.43 bits per heavy atom. The fourth-order valence-electron chi connectivity index (χ4n) is 1.13. The van der Waals surface area contributed by atoms with Crippen molar-refractivity contribution in [3.05, 3.63) is 27.7 Å². The molecule has 0 saturated carbocycles. The van der Waals surface area contributed by atoms with Crippen molar-refractivity contribution in [2.45, 2.75) is 13.0 Å². The molecule has 74 valence electrons. The van der Waals surface area contributed by atoms with Gasteiger partial charge in [0.1, 0.15) is 0 Å². The van der Waals surface area contributed by atoms with Crippen molar-refractivity contribution in [2.75, 3.05) is 0 Å². The van der Waals surface area contributed by atoms with Crippen LogP contribution in [-0.4, -0.2) is 14.0 Å². The van der Waals surface area contributed by atoms with Crippen LogP contribution >= 0.6 is 23.1 Å². The molecule has 14 heavy (non-hydrogen) atoms. The van der Waals surface area contributed by atoms with E-state index < -0.39 is 0 Å². The van der Waals surface area contributed by atoms with Gasteiger partial charge in [-0.3, -0.25) is 5.84 Å². The van der Waals surface area contributed by atoms with Crippen molar-refractivity contribution in [3.63, 3.8) is 0 Å². The van der Waals surface area contributed by atoms with Gasteiger partial charge in [-0.2, -0.15) is 4.37 Å². The van der Waals surface area contributed by atoms with Crippen molar-refractivity contribution < 1.29 is 0 Å². The molecule has 0 spiro atoms. The summed E-state index contributed by atoms with van der Waals surface area (Å²) >= 11 is 2.77. The molecule has 2 aromatic heterocycles. The fourth-order valence-corrected chi connectivity index (χ4v) is 2.61. The Hall–Kier alpha value is -0.890. The maximum atomic E-state index is 5.49. The number of hydrazine groups is 1. The third-order valence-electron chi connectivity index (χ3n) is 1.76. The Balaban J connectivity index is 2.31. The first-order valence-electron chi connectivity index (χ1n) is 3.98. The molecule has 0 saturated heterocycles. The fraction of sp³-hybridized carbons (Fsp3) is 0.286. The molecule has 0 bridgehead atoms. The molecule has 2 heterocycles. The number of aryl methyl sites for hydroxylation is 1. The van der Waals surface area contributed by atoms with Crippen molar-refractivity contribution >= 4 is 23.1 Å². The highest BCUT2D eigenvalue weighted by atomic mass is 32.1. The predicted octanol–water partition coefficient (Wildman–Crippen LogP) is 0.856. The van der Waals surface area contributed by atoms with E-state index in [4.69, 9.17) is 5.84 Å². The summed E-state index contributed by atoms with van der Waals surface area (Å²) in [4.78, 5) is 2.08. The van der Waals surface area contributed by atoms with E-state index in [1.54, 1.807) is 6.20 Å². The lowest BCUT2D eigenvalue weighted by atomic mass is 10.2. The molecule has 1 atom stereocenters. The molecule has 0 radical (unpaired) electrons. The van der Waals surface area contributed by atoms with E-state index >= 15 is 0 Å². The van der Waals surface area contributed by atoms with E-state index in [1.807, 2.05) is 13.0 Å². The van der Waals surface area contributed by atoms with Gasteiger partial charge in [-0.05, 0) is 36.1 Å². The molecule has 7 heteroatoms. The average Bonchev–Trinajstić information content (AvgIpc) is 2.79. The smallest absolute Gasteiger partial charge is 0.0942 e. The summed E-state index contributed by atoms with van der Waals surface area (Å²) in [5.74, 6) is 5.49. The number of hydrogen-bond donors (Lipinski definition) is 2. The Bertz CT molecular complexity index is 396. The van der Waals surface area contributed by atoms with Crippen LogP contribution in [0, 0.1) is 6.92 Å². The standard InChI is InChI=1S/C7H9N5S2/c1-4-2-5(13-11-4)7(10-8)6-3-9-12-14-6/h2-3,7,10H,8H2,1H3. The molecule has 1 unspecified atom stereocenters. The van der Waals surface area contributed by atoms with E-state index in [1.165, 1.54) is 23.1 Å². The molecule has 2 aromatic rings. The topological polar surface area (TPSA) is 76.7 Å². The molecule has 0 aliphatic carbocycles. The van der Waals surface area contributed by atoms with Gasteiger partial charge in [-0.15, -0.1) is 5.10 Å². The third-order valence-corrected chi connectivity index (χ3v) is 3.43. The summed E-state index contributed by atoms with van der Waals surface area (Å²) in [7, 11) is 0. The SMILES string of the molecule is Cc1cc(C(NN)c2cnns2)sn1. The molecule has 0 amide bonds. The van der Waals surface area contributed by atoms with Crippen LogP contribution in [0.25, 0.3) is 0 Å². The zero-order valence-corrected chi connectivity index (χ0v) is 9.10. The Morgan fingerprint density at radius 3 is 2.79 bits per heavy atom. The third kappa shape index (κ3) is 1.80. The normalized spacial score (nSPS) is 13.0. The second-order valence-electron chi connectivity index (χ2n) is 2.79. The highest BCUT2D eigenvalue weighted by molar-refractivity contribution is 7.07. The molecule has 0 aliphatic heterocycles. The summed E-state index contributed by atoms with van der Waals surface area (Å²) in [6, 6.07) is 1.97. The number of nitrogens with two attached hydrogens (primary N) is 1. The number of hydrogen-bond acceptors (Lipinski definition) is 7. The quantitative estimate of drug-likeness (QED) is 0.600. The molecule has 0 aromatic carbocycles. The minimum atomic E-state index is -0.0406. The number of nitrogens with zero attached hydrogens (tertiary/aromatic N) is 3. The Labute approximate surface area is 89.3 Å². The summed E-state index contributed by atoms with van der Waals surface area (Å²) in [6.45, 7) is 1.96. The Morgan fingerprint density at radius 2 is 2.29 bits per heavy atom. The molecule has 5 nitrogen and oxygen atoms in total. The van der Waals surface area contributed by atoms with Crippen LogP contribution in [0.5, 0.6) is 0 Å². The van der Waals surface area contributed by atoms with Crippen molar-refractivity contribution in [2.24, 2.45) is 5.84 Å². The van der Waals surface area contributed by atoms with Crippen molar-refractivity contribution in [3.8, 4) is 0 Å². The largest absolute Gasteiger partial charge is 0.271 e. The van der Waals surface area contributed by atoms with Gasteiger partial charge >= 0.3 is 0 Å². The van der Waals surface area contributed by atoms with Crippen LogP contribution in [0.4, 0.5) is 0 Å². The van der Waals surface area contributed by atoms with E-state index in [0.29, 0.717) is 0 Å². The molecule has 0 fully saturated rings. The van der Waals surface area contributed by atoms with Gasteiger partial charge in [0, 0.05) is 4.88 Å². The molecule has 0 aliphatic rings. The lowest BCUT2D eigenvalue weighted by molar-refractivity contribution is 0.655. The highest BCUT2D eigenvalue weighted by Gasteiger charge is 2.16. The first kappa shape index (κ1) is 9.66. The van der Waals surface area contributed by atoms with Crippen LogP contribution in [0.1, 0.15) is 21.5 Å². The van der Waals surface area contributed by atoms with E-state index in [0.717, 1.165) is 15.4 Å². The second-order valence-corrected chi connectivity index (χ2v) is 4.44. The second kappa shape index (κ2) is 4.09. The first-order chi connectivity index (χ1) is 6.81. The average molecular weight is 227 g/mol. The van der Waals surface area contributed by atoms with E-state index in [9.17, 15) is 0 Å². The van der Waals surface area contributed by atoms with E-state index in [-0.39, 0.29) is 6.04 Å². The summed E-state index contributed by atoms with van der Waals surface area (Å²) in [5.41, 5.74) is 3.74. The molecule has 3 N–H and O–H groups in total. The highest BCUT2D eigenvalue weighted by Crippen LogP contribution is 2.26. The molecule has 2 rings (SSSR count). The maximum Gasteiger partial charge on any atom is 0.0942 e. The van der Waals surface area contributed by atoms with Crippen molar-refractivity contribution in [1.82, 2.24) is 19.4 Å². The monoisotopic (exact) mass is 227 g/mol. The van der Waals surface area contributed by atoms with Crippen LogP contribution in [0.3, 0.4) is 0 Å². The maximum absolute atomic E-state index is 5.49. The van der Waals surface area contributed by atoms with Crippen LogP contribution in [0.2, 0.25) is 0 Å². The van der Waals surface area contributed by atoms with Gasteiger partial charge < -0.3 is 0 Å². The van der Waals surface area contributed by atoms with Gasteiger partial charge in [0.05, 0.1) is 22.8 Å². The van der Waals surface area contributed by atoms with Crippen LogP contribution < -0.4 is 11.3 Å². The number of rotatable bonds is 3. The lowest BCUT2D eigenvalue weighted by Gasteiger charge is -2.09. The van der Waals surface area contributed by atoms with Gasteiger partial charge in [0.25, 0.3) is 0 Å². The van der Waals surface area contributed by atoms with Gasteiger partial charge in [-0.1, -0.05) is 4.49 Å². The molecular formula is C7H9N5S2. The summed E-state index contributed by atoms with van der Waals surface area (Å²) in [6.07, 6.45) is 1.71. The number of nitrogens with one attached hydrogen (secondary N) is 1. The molecular weight excluding hydrogens is 218 g/mol. The summed E-state index contributed by atoms with van der Waals surface area (Å²) in [5, 5.41) is 3.78. The van der Waals surface area contributed by atoms with Crippen molar-refractivity contribution in [1.29, 1.82) is 0 Å². The zero-order valence-electron chi connectivity index (χ0n) is 7.47. The summed E-state index contributed by atoms with van der Waals surface area (Å²) < 4.78 is 8.01. The van der Waals surface area contributed by atoms with Crippen LogP contribution in [-0.2, 0) is 0 Å². The number of aromatic nitrogens is 3.